The highest BCUT2D eigenvalue weighted by atomic mass is 19.4. The quantitative estimate of drug-likeness (QED) is 0.856. The summed E-state index contributed by atoms with van der Waals surface area (Å²) in [6, 6.07) is 8.17. The number of halogens is 3. The molecule has 0 aliphatic heterocycles. The summed E-state index contributed by atoms with van der Waals surface area (Å²) < 4.78 is 43.5. The summed E-state index contributed by atoms with van der Waals surface area (Å²) in [5.41, 5.74) is 5.37. The monoisotopic (exact) mass is 354 g/mol. The van der Waals surface area contributed by atoms with Crippen LogP contribution in [-0.4, -0.2) is 23.9 Å². The molecule has 7 heteroatoms. The normalized spacial score (nSPS) is 12.9. The number of carbonyl (C=O) groups excluding carboxylic acids is 1. The van der Waals surface area contributed by atoms with Crippen molar-refractivity contribution in [3.63, 3.8) is 0 Å². The van der Waals surface area contributed by atoms with Crippen LogP contribution in [0.25, 0.3) is 11.3 Å². The SMILES string of the molecule is CCN(Cc1ccc(-c2ccc(C(F)(F)F)cc2)o1)C(=O)C(C)CN. The summed E-state index contributed by atoms with van der Waals surface area (Å²) >= 11 is 0. The van der Waals surface area contributed by atoms with Gasteiger partial charge in [0.1, 0.15) is 11.5 Å². The van der Waals surface area contributed by atoms with Crippen LogP contribution in [0.2, 0.25) is 0 Å². The Hall–Kier alpha value is -2.28. The fourth-order valence-corrected chi connectivity index (χ4v) is 2.39. The Labute approximate surface area is 144 Å². The number of rotatable bonds is 6. The van der Waals surface area contributed by atoms with Crippen LogP contribution < -0.4 is 5.73 Å². The van der Waals surface area contributed by atoms with Crippen molar-refractivity contribution in [1.29, 1.82) is 0 Å². The fourth-order valence-electron chi connectivity index (χ4n) is 2.39. The Morgan fingerprint density at radius 1 is 1.20 bits per heavy atom. The van der Waals surface area contributed by atoms with E-state index in [1.165, 1.54) is 12.1 Å². The highest BCUT2D eigenvalue weighted by molar-refractivity contribution is 5.78. The van der Waals surface area contributed by atoms with Gasteiger partial charge < -0.3 is 15.1 Å². The van der Waals surface area contributed by atoms with E-state index in [2.05, 4.69) is 0 Å². The number of nitrogens with zero attached hydrogens (tertiary/aromatic N) is 1. The van der Waals surface area contributed by atoms with Gasteiger partial charge in [-0.15, -0.1) is 0 Å². The summed E-state index contributed by atoms with van der Waals surface area (Å²) in [7, 11) is 0. The maximum absolute atomic E-state index is 12.6. The van der Waals surface area contributed by atoms with Crippen molar-refractivity contribution < 1.29 is 22.4 Å². The van der Waals surface area contributed by atoms with Crippen LogP contribution in [0.3, 0.4) is 0 Å². The molecule has 0 aliphatic rings. The molecule has 0 saturated heterocycles. The third kappa shape index (κ3) is 4.63. The topological polar surface area (TPSA) is 59.5 Å². The fraction of sp³-hybridized carbons (Fsp3) is 0.389. The largest absolute Gasteiger partial charge is 0.459 e. The second-order valence-electron chi connectivity index (χ2n) is 5.83. The standard InChI is InChI=1S/C18H21F3N2O2/c1-3-23(17(24)12(2)10-22)11-15-8-9-16(25-15)13-4-6-14(7-5-13)18(19,20)21/h4-9,12H,3,10-11,22H2,1-2H3. The molecular weight excluding hydrogens is 333 g/mol. The molecule has 0 radical (unpaired) electrons. The van der Waals surface area contributed by atoms with Gasteiger partial charge in [-0.1, -0.05) is 19.1 Å². The van der Waals surface area contributed by atoms with Crippen LogP contribution in [0, 0.1) is 5.92 Å². The van der Waals surface area contributed by atoms with Gasteiger partial charge in [-0.3, -0.25) is 4.79 Å². The molecule has 1 atom stereocenters. The third-order valence-electron chi connectivity index (χ3n) is 3.97. The number of alkyl halides is 3. The predicted molar refractivity (Wildman–Crippen MR) is 88.5 cm³/mol. The lowest BCUT2D eigenvalue weighted by Crippen LogP contribution is -2.37. The van der Waals surface area contributed by atoms with E-state index in [9.17, 15) is 18.0 Å². The molecule has 25 heavy (non-hydrogen) atoms. The molecule has 2 N–H and O–H groups in total. The smallest absolute Gasteiger partial charge is 0.416 e. The van der Waals surface area contributed by atoms with Crippen molar-refractivity contribution >= 4 is 5.91 Å². The summed E-state index contributed by atoms with van der Waals surface area (Å²) in [5.74, 6) is 0.690. The summed E-state index contributed by atoms with van der Waals surface area (Å²) in [4.78, 5) is 13.8. The number of hydrogen-bond donors (Lipinski definition) is 1. The van der Waals surface area contributed by atoms with Gasteiger partial charge in [0.25, 0.3) is 0 Å². The van der Waals surface area contributed by atoms with E-state index in [1.54, 1.807) is 24.0 Å². The van der Waals surface area contributed by atoms with Crippen LogP contribution in [0.4, 0.5) is 13.2 Å². The van der Waals surface area contributed by atoms with Gasteiger partial charge in [-0.2, -0.15) is 13.2 Å². The first kappa shape index (κ1) is 19.1. The molecule has 0 spiro atoms. The van der Waals surface area contributed by atoms with Gasteiger partial charge in [0.15, 0.2) is 0 Å². The Morgan fingerprint density at radius 3 is 2.36 bits per heavy atom. The Bertz CT molecular complexity index is 708. The lowest BCUT2D eigenvalue weighted by molar-refractivity contribution is -0.137. The zero-order valence-electron chi connectivity index (χ0n) is 14.1. The highest BCUT2D eigenvalue weighted by Crippen LogP contribution is 2.31. The van der Waals surface area contributed by atoms with Crippen molar-refractivity contribution in [2.45, 2.75) is 26.6 Å². The minimum Gasteiger partial charge on any atom is -0.459 e. The Balaban J connectivity index is 2.12. The third-order valence-corrected chi connectivity index (χ3v) is 3.97. The Morgan fingerprint density at radius 2 is 1.84 bits per heavy atom. The molecule has 4 nitrogen and oxygen atoms in total. The van der Waals surface area contributed by atoms with E-state index in [0.717, 1.165) is 12.1 Å². The van der Waals surface area contributed by atoms with Gasteiger partial charge in [0.05, 0.1) is 12.1 Å². The van der Waals surface area contributed by atoms with Crippen LogP contribution in [0.1, 0.15) is 25.2 Å². The average Bonchev–Trinajstić information content (AvgIpc) is 3.06. The molecule has 0 saturated carbocycles. The van der Waals surface area contributed by atoms with E-state index in [0.29, 0.717) is 30.2 Å². The Kier molecular flexibility index (Phi) is 5.89. The molecule has 1 aromatic heterocycles. The molecule has 1 amide bonds. The lowest BCUT2D eigenvalue weighted by atomic mass is 10.1. The summed E-state index contributed by atoms with van der Waals surface area (Å²) in [6.07, 6.45) is -4.37. The lowest BCUT2D eigenvalue weighted by Gasteiger charge is -2.22. The second-order valence-corrected chi connectivity index (χ2v) is 5.83. The van der Waals surface area contributed by atoms with E-state index in [1.807, 2.05) is 6.92 Å². The zero-order valence-corrected chi connectivity index (χ0v) is 14.1. The van der Waals surface area contributed by atoms with Crippen molar-refractivity contribution in [1.82, 2.24) is 4.90 Å². The van der Waals surface area contributed by atoms with E-state index in [4.69, 9.17) is 10.2 Å². The first-order chi connectivity index (χ1) is 11.8. The minimum atomic E-state index is -4.37. The number of amides is 1. The molecule has 1 unspecified atom stereocenters. The molecule has 0 aliphatic carbocycles. The second kappa shape index (κ2) is 7.74. The minimum absolute atomic E-state index is 0.0579. The van der Waals surface area contributed by atoms with Gasteiger partial charge in [0, 0.05) is 24.6 Å². The van der Waals surface area contributed by atoms with Crippen molar-refractivity contribution in [3.8, 4) is 11.3 Å². The number of benzene rings is 1. The van der Waals surface area contributed by atoms with Crippen LogP contribution in [0.15, 0.2) is 40.8 Å². The number of hydrogen-bond acceptors (Lipinski definition) is 3. The first-order valence-corrected chi connectivity index (χ1v) is 8.01. The summed E-state index contributed by atoms with van der Waals surface area (Å²) in [6.45, 7) is 4.70. The molecule has 0 fully saturated rings. The first-order valence-electron chi connectivity index (χ1n) is 8.01. The highest BCUT2D eigenvalue weighted by Gasteiger charge is 2.30. The number of furan rings is 1. The van der Waals surface area contributed by atoms with Crippen LogP contribution >= 0.6 is 0 Å². The molecule has 0 bridgehead atoms. The van der Waals surface area contributed by atoms with E-state index in [-0.39, 0.29) is 18.4 Å². The predicted octanol–water partition coefficient (Wildman–Crippen LogP) is 3.91. The number of carbonyl (C=O) groups is 1. The molecule has 1 heterocycles. The molecule has 2 aromatic rings. The van der Waals surface area contributed by atoms with Gasteiger partial charge in [0.2, 0.25) is 5.91 Å². The van der Waals surface area contributed by atoms with E-state index < -0.39 is 11.7 Å². The number of nitrogens with two attached hydrogens (primary N) is 1. The average molecular weight is 354 g/mol. The van der Waals surface area contributed by atoms with E-state index >= 15 is 0 Å². The molecule has 1 aromatic carbocycles. The molecule has 136 valence electrons. The zero-order chi connectivity index (χ0) is 18.6. The maximum Gasteiger partial charge on any atom is 0.416 e. The maximum atomic E-state index is 12.6. The van der Waals surface area contributed by atoms with Gasteiger partial charge >= 0.3 is 6.18 Å². The van der Waals surface area contributed by atoms with Gasteiger partial charge in [-0.25, -0.2) is 0 Å². The summed E-state index contributed by atoms with van der Waals surface area (Å²) in [5, 5.41) is 0. The molecular formula is C18H21F3N2O2. The van der Waals surface area contributed by atoms with Crippen molar-refractivity contribution in [2.24, 2.45) is 11.7 Å². The van der Waals surface area contributed by atoms with Crippen molar-refractivity contribution in [2.75, 3.05) is 13.1 Å². The molecule has 2 rings (SSSR count). The van der Waals surface area contributed by atoms with Crippen LogP contribution in [0.5, 0.6) is 0 Å². The van der Waals surface area contributed by atoms with Gasteiger partial charge in [-0.05, 0) is 31.2 Å². The van der Waals surface area contributed by atoms with Crippen molar-refractivity contribution in [3.05, 3.63) is 47.7 Å². The van der Waals surface area contributed by atoms with Crippen LogP contribution in [-0.2, 0) is 17.5 Å².